The van der Waals surface area contributed by atoms with Gasteiger partial charge in [-0.1, -0.05) is 11.6 Å². The highest BCUT2D eigenvalue weighted by atomic mass is 32.1. The molecule has 1 aromatic heterocycles. The number of aromatic nitrogens is 1. The Kier molecular flexibility index (Phi) is 3.19. The maximum Gasteiger partial charge on any atom is 0.229 e. The van der Waals surface area contributed by atoms with Gasteiger partial charge in [0.15, 0.2) is 5.13 Å². The molecule has 1 aliphatic rings. The number of hydrogen-bond donors (Lipinski definition) is 2. The van der Waals surface area contributed by atoms with Crippen molar-refractivity contribution in [1.82, 2.24) is 4.98 Å². The summed E-state index contributed by atoms with van der Waals surface area (Å²) in [6.07, 6.45) is 3.08. The number of anilines is 1. The summed E-state index contributed by atoms with van der Waals surface area (Å²) in [5.74, 6) is 0.200. The minimum Gasteiger partial charge on any atom is -0.411 e. The third-order valence-electron chi connectivity index (χ3n) is 2.73. The fourth-order valence-corrected chi connectivity index (χ4v) is 2.18. The highest BCUT2D eigenvalue weighted by molar-refractivity contribution is 7.14. The van der Waals surface area contributed by atoms with Crippen molar-refractivity contribution < 1.29 is 10.0 Å². The summed E-state index contributed by atoms with van der Waals surface area (Å²) in [5, 5.41) is 16.7. The maximum absolute atomic E-state index is 11.6. The molecule has 0 bridgehead atoms. The molecule has 5 nitrogen and oxygen atoms in total. The molecule has 0 unspecified atom stereocenters. The Morgan fingerprint density at radius 2 is 2.44 bits per heavy atom. The van der Waals surface area contributed by atoms with Crippen LogP contribution in [0.5, 0.6) is 0 Å². The van der Waals surface area contributed by atoms with E-state index in [1.54, 1.807) is 12.3 Å². The zero-order chi connectivity index (χ0) is 11.5. The van der Waals surface area contributed by atoms with Gasteiger partial charge in [-0.2, -0.15) is 0 Å². The molecular weight excluding hydrogens is 226 g/mol. The molecule has 1 aliphatic carbocycles. The summed E-state index contributed by atoms with van der Waals surface area (Å²) in [4.78, 5) is 15.8. The molecule has 2 N–H and O–H groups in total. The van der Waals surface area contributed by atoms with Crippen molar-refractivity contribution in [3.05, 3.63) is 11.1 Å². The molecule has 2 rings (SSSR count). The Hall–Kier alpha value is -1.43. The van der Waals surface area contributed by atoms with E-state index in [2.05, 4.69) is 15.5 Å². The van der Waals surface area contributed by atoms with Crippen molar-refractivity contribution in [2.24, 2.45) is 11.1 Å². The smallest absolute Gasteiger partial charge is 0.229 e. The minimum atomic E-state index is 0.0470. The molecule has 1 heterocycles. The van der Waals surface area contributed by atoms with Crippen LogP contribution >= 0.6 is 11.3 Å². The predicted octanol–water partition coefficient (Wildman–Crippen LogP) is 2.08. The van der Waals surface area contributed by atoms with E-state index < -0.39 is 0 Å². The third-order valence-corrected chi connectivity index (χ3v) is 3.49. The van der Waals surface area contributed by atoms with Gasteiger partial charge in [-0.25, -0.2) is 4.98 Å². The average molecular weight is 239 g/mol. The van der Waals surface area contributed by atoms with Gasteiger partial charge in [-0.05, 0) is 19.8 Å². The van der Waals surface area contributed by atoms with Gasteiger partial charge in [-0.15, -0.1) is 11.3 Å². The summed E-state index contributed by atoms with van der Waals surface area (Å²) < 4.78 is 0. The van der Waals surface area contributed by atoms with E-state index in [4.69, 9.17) is 5.21 Å². The molecule has 0 atom stereocenters. The normalized spacial score (nSPS) is 16.9. The van der Waals surface area contributed by atoms with Crippen molar-refractivity contribution in [2.75, 3.05) is 5.32 Å². The number of nitrogens with one attached hydrogen (secondary N) is 1. The molecule has 1 aromatic rings. The topological polar surface area (TPSA) is 74.6 Å². The fraction of sp³-hybridized carbons (Fsp3) is 0.500. The lowest BCUT2D eigenvalue weighted by Crippen LogP contribution is -2.27. The van der Waals surface area contributed by atoms with Crippen LogP contribution in [0.3, 0.4) is 0 Å². The van der Waals surface area contributed by atoms with Crippen LogP contribution in [0, 0.1) is 5.92 Å². The van der Waals surface area contributed by atoms with Crippen LogP contribution in [-0.2, 0) is 4.79 Å². The Labute approximate surface area is 97.2 Å². The molecule has 0 aromatic carbocycles. The number of hydrogen-bond acceptors (Lipinski definition) is 5. The lowest BCUT2D eigenvalue weighted by atomic mass is 9.85. The van der Waals surface area contributed by atoms with E-state index >= 15 is 0 Å². The standard InChI is InChI=1S/C10H13N3O2S/c1-6(13-15)8-5-16-10(11-8)12-9(14)7-3-2-4-7/h5,7,15H,2-4H2,1H3,(H,11,12,14). The Morgan fingerprint density at radius 3 is 3.00 bits per heavy atom. The SMILES string of the molecule is CC(=NO)c1csc(NC(=O)C2CCC2)n1. The monoisotopic (exact) mass is 239 g/mol. The predicted molar refractivity (Wildman–Crippen MR) is 62.1 cm³/mol. The van der Waals surface area contributed by atoms with Crippen LogP contribution in [0.2, 0.25) is 0 Å². The molecule has 16 heavy (non-hydrogen) atoms. The number of nitrogens with zero attached hydrogens (tertiary/aromatic N) is 2. The molecule has 86 valence electrons. The van der Waals surface area contributed by atoms with Crippen molar-refractivity contribution in [1.29, 1.82) is 0 Å². The van der Waals surface area contributed by atoms with Gasteiger partial charge >= 0.3 is 0 Å². The van der Waals surface area contributed by atoms with E-state index in [0.29, 0.717) is 16.5 Å². The van der Waals surface area contributed by atoms with Crippen molar-refractivity contribution in [3.8, 4) is 0 Å². The number of carbonyl (C=O) groups excluding carboxylic acids is 1. The first-order valence-corrected chi connectivity index (χ1v) is 6.04. The molecule has 1 amide bonds. The number of thiazole rings is 1. The zero-order valence-corrected chi connectivity index (χ0v) is 9.75. The molecular formula is C10H13N3O2S. The summed E-state index contributed by atoms with van der Waals surface area (Å²) in [7, 11) is 0. The summed E-state index contributed by atoms with van der Waals surface area (Å²) in [6.45, 7) is 1.66. The van der Waals surface area contributed by atoms with E-state index in [9.17, 15) is 4.79 Å². The van der Waals surface area contributed by atoms with Gasteiger partial charge in [0, 0.05) is 11.3 Å². The quantitative estimate of drug-likeness (QED) is 0.482. The second-order valence-electron chi connectivity index (χ2n) is 3.84. The van der Waals surface area contributed by atoms with Gasteiger partial charge in [0.05, 0.1) is 0 Å². The van der Waals surface area contributed by atoms with Crippen LogP contribution in [0.25, 0.3) is 0 Å². The van der Waals surface area contributed by atoms with Gasteiger partial charge in [-0.3, -0.25) is 4.79 Å². The lowest BCUT2D eigenvalue weighted by Gasteiger charge is -2.23. The molecule has 0 radical (unpaired) electrons. The van der Waals surface area contributed by atoms with Gasteiger partial charge in [0.2, 0.25) is 5.91 Å². The number of carbonyl (C=O) groups is 1. The first-order chi connectivity index (χ1) is 7.70. The fourth-order valence-electron chi connectivity index (χ4n) is 1.43. The largest absolute Gasteiger partial charge is 0.411 e. The third kappa shape index (κ3) is 2.21. The van der Waals surface area contributed by atoms with Crippen LogP contribution in [0.4, 0.5) is 5.13 Å². The first-order valence-electron chi connectivity index (χ1n) is 5.16. The van der Waals surface area contributed by atoms with E-state index in [-0.39, 0.29) is 11.8 Å². The minimum absolute atomic E-state index is 0.0470. The molecule has 0 saturated heterocycles. The average Bonchev–Trinajstić information content (AvgIpc) is 2.62. The zero-order valence-electron chi connectivity index (χ0n) is 8.93. The highest BCUT2D eigenvalue weighted by Gasteiger charge is 2.25. The van der Waals surface area contributed by atoms with Gasteiger partial charge in [0.1, 0.15) is 11.4 Å². The van der Waals surface area contributed by atoms with Gasteiger partial charge in [0.25, 0.3) is 0 Å². The highest BCUT2D eigenvalue weighted by Crippen LogP contribution is 2.28. The van der Waals surface area contributed by atoms with Crippen LogP contribution < -0.4 is 5.32 Å². The molecule has 6 heteroatoms. The van der Waals surface area contributed by atoms with E-state index in [1.807, 2.05) is 0 Å². The Bertz CT molecular complexity index is 423. The molecule has 0 spiro atoms. The lowest BCUT2D eigenvalue weighted by molar-refractivity contribution is -0.122. The first kappa shape index (κ1) is 11.1. The second kappa shape index (κ2) is 4.61. The van der Waals surface area contributed by atoms with Crippen LogP contribution in [0.1, 0.15) is 31.9 Å². The molecule has 0 aliphatic heterocycles. The van der Waals surface area contributed by atoms with Crippen molar-refractivity contribution >= 4 is 28.1 Å². The summed E-state index contributed by atoms with van der Waals surface area (Å²) in [5.41, 5.74) is 1.04. The second-order valence-corrected chi connectivity index (χ2v) is 4.70. The van der Waals surface area contributed by atoms with Crippen molar-refractivity contribution in [3.63, 3.8) is 0 Å². The Morgan fingerprint density at radius 1 is 1.69 bits per heavy atom. The van der Waals surface area contributed by atoms with Crippen molar-refractivity contribution in [2.45, 2.75) is 26.2 Å². The number of oxime groups is 1. The van der Waals surface area contributed by atoms with E-state index in [1.165, 1.54) is 11.3 Å². The number of rotatable bonds is 3. The summed E-state index contributed by atoms with van der Waals surface area (Å²) >= 11 is 1.34. The van der Waals surface area contributed by atoms with Crippen LogP contribution in [0.15, 0.2) is 10.5 Å². The Balaban J connectivity index is 1.99. The maximum atomic E-state index is 11.6. The summed E-state index contributed by atoms with van der Waals surface area (Å²) in [6, 6.07) is 0. The van der Waals surface area contributed by atoms with E-state index in [0.717, 1.165) is 19.3 Å². The van der Waals surface area contributed by atoms with Crippen LogP contribution in [-0.4, -0.2) is 21.8 Å². The number of amides is 1. The van der Waals surface area contributed by atoms with Gasteiger partial charge < -0.3 is 10.5 Å². The molecule has 1 saturated carbocycles. The molecule has 1 fully saturated rings.